The van der Waals surface area contributed by atoms with E-state index in [4.69, 9.17) is 4.74 Å². The number of hydrogen-bond acceptors (Lipinski definition) is 4. The molecule has 2 aromatic heterocycles. The summed E-state index contributed by atoms with van der Waals surface area (Å²) in [5, 5.41) is 0. The molecule has 1 aliphatic rings. The number of carbonyl (C=O) groups excluding carboxylic acids is 2. The van der Waals surface area contributed by atoms with Crippen LogP contribution in [0.1, 0.15) is 35.8 Å². The average Bonchev–Trinajstić information content (AvgIpc) is 3.00. The fourth-order valence-electron chi connectivity index (χ4n) is 3.00. The molecule has 122 valence electrons. The molecule has 0 atom stereocenters. The van der Waals surface area contributed by atoms with Crippen molar-refractivity contribution in [2.24, 2.45) is 5.92 Å². The van der Waals surface area contributed by atoms with Gasteiger partial charge in [0.2, 0.25) is 0 Å². The number of nitrogens with zero attached hydrogens (tertiary/aromatic N) is 3. The Labute approximate surface area is 135 Å². The molecule has 3 heterocycles. The molecule has 0 aliphatic carbocycles. The highest BCUT2D eigenvalue weighted by Gasteiger charge is 2.29. The van der Waals surface area contributed by atoms with Crippen LogP contribution in [-0.2, 0) is 9.53 Å². The third-order valence-electron chi connectivity index (χ3n) is 4.30. The molecule has 0 bridgehead atoms. The number of pyridine rings is 1. The number of fused-ring (bicyclic) bond motifs is 1. The van der Waals surface area contributed by atoms with Crippen molar-refractivity contribution in [3.05, 3.63) is 35.8 Å². The smallest absolute Gasteiger partial charge is 0.309 e. The first kappa shape index (κ1) is 15.5. The van der Waals surface area contributed by atoms with Crippen molar-refractivity contribution in [1.82, 2.24) is 14.3 Å². The Hall–Kier alpha value is -2.37. The molecule has 1 saturated heterocycles. The summed E-state index contributed by atoms with van der Waals surface area (Å²) in [6.07, 6.45) is 4.95. The summed E-state index contributed by atoms with van der Waals surface area (Å²) in [7, 11) is 0. The summed E-state index contributed by atoms with van der Waals surface area (Å²) < 4.78 is 6.93. The number of aryl methyl sites for hydroxylation is 1. The zero-order valence-corrected chi connectivity index (χ0v) is 13.5. The summed E-state index contributed by atoms with van der Waals surface area (Å²) in [5.41, 5.74) is 2.29. The van der Waals surface area contributed by atoms with E-state index in [2.05, 4.69) is 4.98 Å². The lowest BCUT2D eigenvalue weighted by molar-refractivity contribution is -0.149. The minimum absolute atomic E-state index is 0.0737. The minimum Gasteiger partial charge on any atom is -0.466 e. The predicted octanol–water partition coefficient (Wildman–Crippen LogP) is 2.06. The highest BCUT2D eigenvalue weighted by atomic mass is 16.5. The second-order valence-corrected chi connectivity index (χ2v) is 5.87. The Morgan fingerprint density at radius 3 is 2.74 bits per heavy atom. The molecule has 1 aliphatic heterocycles. The molecule has 2 aromatic rings. The normalized spacial score (nSPS) is 15.8. The summed E-state index contributed by atoms with van der Waals surface area (Å²) in [6, 6.07) is 3.91. The van der Waals surface area contributed by atoms with E-state index in [1.165, 1.54) is 0 Å². The van der Waals surface area contributed by atoms with Gasteiger partial charge in [0.05, 0.1) is 12.5 Å². The lowest BCUT2D eigenvalue weighted by Crippen LogP contribution is -2.40. The van der Waals surface area contributed by atoms with E-state index in [0.29, 0.717) is 38.2 Å². The van der Waals surface area contributed by atoms with E-state index in [1.807, 2.05) is 36.6 Å². The fraction of sp³-hybridized carbons (Fsp3) is 0.471. The van der Waals surface area contributed by atoms with Crippen LogP contribution in [0.5, 0.6) is 0 Å². The number of imidazole rings is 1. The molecule has 6 nitrogen and oxygen atoms in total. The maximum absolute atomic E-state index is 12.6. The Bertz CT molecular complexity index is 730. The first-order chi connectivity index (χ1) is 11.1. The summed E-state index contributed by atoms with van der Waals surface area (Å²) in [4.78, 5) is 30.6. The SMILES string of the molecule is CCOC(=O)C1CCN(C(=O)c2cn3cccc(C)c3n2)CC1. The monoisotopic (exact) mass is 315 g/mol. The molecule has 23 heavy (non-hydrogen) atoms. The van der Waals surface area contributed by atoms with Crippen LogP contribution in [-0.4, -0.2) is 45.9 Å². The van der Waals surface area contributed by atoms with E-state index in [1.54, 1.807) is 11.1 Å². The van der Waals surface area contributed by atoms with Crippen LogP contribution in [0, 0.1) is 12.8 Å². The quantitative estimate of drug-likeness (QED) is 0.813. The van der Waals surface area contributed by atoms with Crippen molar-refractivity contribution in [2.75, 3.05) is 19.7 Å². The number of hydrogen-bond donors (Lipinski definition) is 0. The van der Waals surface area contributed by atoms with Gasteiger partial charge in [0.1, 0.15) is 11.3 Å². The summed E-state index contributed by atoms with van der Waals surface area (Å²) >= 11 is 0. The van der Waals surface area contributed by atoms with Gasteiger partial charge in [-0.1, -0.05) is 6.07 Å². The van der Waals surface area contributed by atoms with Crippen LogP contribution in [0.15, 0.2) is 24.5 Å². The standard InChI is InChI=1S/C17H21N3O3/c1-3-23-17(22)13-6-9-19(10-7-13)16(21)14-11-20-8-4-5-12(2)15(20)18-14/h4-5,8,11,13H,3,6-7,9-10H2,1-2H3. The molecule has 3 rings (SSSR count). The van der Waals surface area contributed by atoms with Crippen molar-refractivity contribution >= 4 is 17.5 Å². The Morgan fingerprint density at radius 1 is 1.35 bits per heavy atom. The molecule has 0 aromatic carbocycles. The van der Waals surface area contributed by atoms with Crippen molar-refractivity contribution in [2.45, 2.75) is 26.7 Å². The number of aromatic nitrogens is 2. The lowest BCUT2D eigenvalue weighted by atomic mass is 9.97. The molecular formula is C17H21N3O3. The first-order valence-electron chi connectivity index (χ1n) is 8.00. The molecular weight excluding hydrogens is 294 g/mol. The number of amides is 1. The lowest BCUT2D eigenvalue weighted by Gasteiger charge is -2.30. The van der Waals surface area contributed by atoms with Gasteiger partial charge in [0.25, 0.3) is 5.91 Å². The third kappa shape index (κ3) is 3.06. The van der Waals surface area contributed by atoms with Gasteiger partial charge in [0, 0.05) is 25.5 Å². The van der Waals surface area contributed by atoms with Crippen molar-refractivity contribution in [3.8, 4) is 0 Å². The minimum atomic E-state index is -0.150. The highest BCUT2D eigenvalue weighted by molar-refractivity contribution is 5.93. The van der Waals surface area contributed by atoms with E-state index < -0.39 is 0 Å². The average molecular weight is 315 g/mol. The molecule has 0 unspecified atom stereocenters. The summed E-state index contributed by atoms with van der Waals surface area (Å²) in [6.45, 7) is 5.31. The van der Waals surface area contributed by atoms with Crippen molar-refractivity contribution in [3.63, 3.8) is 0 Å². The van der Waals surface area contributed by atoms with Crippen LogP contribution in [0.2, 0.25) is 0 Å². The maximum Gasteiger partial charge on any atom is 0.309 e. The fourth-order valence-corrected chi connectivity index (χ4v) is 3.00. The predicted molar refractivity (Wildman–Crippen MR) is 85.2 cm³/mol. The van der Waals surface area contributed by atoms with Gasteiger partial charge in [-0.15, -0.1) is 0 Å². The van der Waals surface area contributed by atoms with Gasteiger partial charge in [-0.25, -0.2) is 4.98 Å². The van der Waals surface area contributed by atoms with Gasteiger partial charge in [0.15, 0.2) is 0 Å². The Balaban J connectivity index is 1.69. The second-order valence-electron chi connectivity index (χ2n) is 5.87. The Morgan fingerprint density at radius 2 is 2.09 bits per heavy atom. The molecule has 1 amide bonds. The van der Waals surface area contributed by atoms with Crippen molar-refractivity contribution < 1.29 is 14.3 Å². The zero-order chi connectivity index (χ0) is 16.4. The number of carbonyl (C=O) groups is 2. The zero-order valence-electron chi connectivity index (χ0n) is 13.5. The maximum atomic E-state index is 12.6. The Kier molecular flexibility index (Phi) is 4.32. The molecule has 1 fully saturated rings. The molecule has 6 heteroatoms. The van der Waals surface area contributed by atoms with Crippen LogP contribution in [0.25, 0.3) is 5.65 Å². The summed E-state index contributed by atoms with van der Waals surface area (Å²) in [5.74, 6) is -0.319. The topological polar surface area (TPSA) is 63.9 Å². The van der Waals surface area contributed by atoms with Gasteiger partial charge in [-0.2, -0.15) is 0 Å². The van der Waals surface area contributed by atoms with Crippen molar-refractivity contribution in [1.29, 1.82) is 0 Å². The number of piperidine rings is 1. The second kappa shape index (κ2) is 6.40. The number of likely N-dealkylation sites (tertiary alicyclic amines) is 1. The van der Waals surface area contributed by atoms with Gasteiger partial charge in [-0.3, -0.25) is 9.59 Å². The van der Waals surface area contributed by atoms with Gasteiger partial charge >= 0.3 is 5.97 Å². The molecule has 0 saturated carbocycles. The molecule has 0 spiro atoms. The van der Waals surface area contributed by atoms with E-state index in [0.717, 1.165) is 11.2 Å². The van der Waals surface area contributed by atoms with Crippen LogP contribution < -0.4 is 0 Å². The van der Waals surface area contributed by atoms with E-state index in [-0.39, 0.29) is 17.8 Å². The third-order valence-corrected chi connectivity index (χ3v) is 4.30. The van der Waals surface area contributed by atoms with Gasteiger partial charge < -0.3 is 14.0 Å². The first-order valence-corrected chi connectivity index (χ1v) is 8.00. The largest absolute Gasteiger partial charge is 0.466 e. The highest BCUT2D eigenvalue weighted by Crippen LogP contribution is 2.20. The molecule has 0 radical (unpaired) electrons. The van der Waals surface area contributed by atoms with Crippen LogP contribution in [0.3, 0.4) is 0 Å². The number of ether oxygens (including phenoxy) is 1. The number of esters is 1. The van der Waals surface area contributed by atoms with Crippen LogP contribution in [0.4, 0.5) is 0 Å². The van der Waals surface area contributed by atoms with E-state index >= 15 is 0 Å². The van der Waals surface area contributed by atoms with Crippen LogP contribution >= 0.6 is 0 Å². The number of rotatable bonds is 3. The van der Waals surface area contributed by atoms with E-state index in [9.17, 15) is 9.59 Å². The molecule has 0 N–H and O–H groups in total. The van der Waals surface area contributed by atoms with Gasteiger partial charge in [-0.05, 0) is 38.3 Å².